The Kier molecular flexibility index (Phi) is 5.12. The molecular weight excluding hydrogens is 286 g/mol. The molecule has 2 nitrogen and oxygen atoms in total. The average Bonchev–Trinajstić information content (AvgIpc) is 2.70. The minimum atomic E-state index is -0.406. The van der Waals surface area contributed by atoms with Gasteiger partial charge in [0.2, 0.25) is 0 Å². The van der Waals surface area contributed by atoms with Crippen molar-refractivity contribution in [1.29, 1.82) is 0 Å². The molecule has 0 saturated heterocycles. The van der Waals surface area contributed by atoms with Gasteiger partial charge in [0.15, 0.2) is 18.9 Å². The molecule has 4 heteroatoms. The van der Waals surface area contributed by atoms with Crippen LogP contribution in [-0.4, -0.2) is 5.11 Å². The maximum atomic E-state index is 9.94. The van der Waals surface area contributed by atoms with Crippen LogP contribution in [0.15, 0.2) is 42.0 Å². The van der Waals surface area contributed by atoms with Crippen LogP contribution in [-0.2, 0) is 6.54 Å². The molecule has 0 spiro atoms. The number of halogens is 1. The quantitative estimate of drug-likeness (QED) is 0.729. The van der Waals surface area contributed by atoms with Crippen LogP contribution in [0.3, 0.4) is 0 Å². The van der Waals surface area contributed by atoms with Crippen LogP contribution in [0.4, 0.5) is 0 Å². The Morgan fingerprint density at radius 3 is 2.81 bits per heavy atom. The van der Waals surface area contributed by atoms with Crippen LogP contribution in [0.2, 0.25) is 0 Å². The summed E-state index contributed by atoms with van der Waals surface area (Å²) < 4.78 is 2.01. The third kappa shape index (κ3) is 3.40. The molecule has 0 aliphatic heterocycles. The highest BCUT2D eigenvalue weighted by molar-refractivity contribution is 7.10. The van der Waals surface area contributed by atoms with Gasteiger partial charge >= 0.3 is 0 Å². The molecule has 2 aromatic rings. The van der Waals surface area contributed by atoms with Gasteiger partial charge in [-0.1, -0.05) is 6.07 Å². The predicted octanol–water partition coefficient (Wildman–Crippen LogP) is -0.918. The van der Waals surface area contributed by atoms with E-state index in [2.05, 4.69) is 0 Å². The predicted molar refractivity (Wildman–Crippen MR) is 60.7 cm³/mol. The highest BCUT2D eigenvalue weighted by Crippen LogP contribution is 2.18. The molecule has 1 atom stereocenters. The number of hydrogen-bond donors (Lipinski definition) is 1. The average molecular weight is 300 g/mol. The third-order valence-corrected chi connectivity index (χ3v) is 3.24. The summed E-state index contributed by atoms with van der Waals surface area (Å²) in [6.45, 7) is 2.66. The number of thiophene rings is 1. The zero-order valence-electron chi connectivity index (χ0n) is 9.01. The number of pyridine rings is 1. The Labute approximate surface area is 110 Å². The molecule has 0 amide bonds. The van der Waals surface area contributed by atoms with Gasteiger partial charge in [0.25, 0.3) is 0 Å². The number of hydrogen-bond acceptors (Lipinski definition) is 2. The van der Waals surface area contributed by atoms with Crippen molar-refractivity contribution in [3.63, 3.8) is 0 Å². The van der Waals surface area contributed by atoms with Gasteiger partial charge in [-0.05, 0) is 24.4 Å². The molecule has 0 saturated carbocycles. The van der Waals surface area contributed by atoms with Crippen molar-refractivity contribution in [2.24, 2.45) is 0 Å². The standard InChI is InChI=1S/C12H14NOS.BrH/c1-10-4-2-6-13(8-10)9-11(14)12-5-3-7-15-12;/h2-8,11,14H,9H2,1H3;1H/q+1;/p-1. The number of aromatic nitrogens is 1. The molecule has 0 fully saturated rings. The second-order valence-corrected chi connectivity index (χ2v) is 4.59. The molecule has 0 aliphatic carbocycles. The molecule has 2 rings (SSSR count). The fourth-order valence-corrected chi connectivity index (χ4v) is 2.24. The van der Waals surface area contributed by atoms with Crippen LogP contribution in [0.1, 0.15) is 16.5 Å². The van der Waals surface area contributed by atoms with E-state index in [0.29, 0.717) is 6.54 Å². The van der Waals surface area contributed by atoms with E-state index in [1.165, 1.54) is 5.56 Å². The third-order valence-electron chi connectivity index (χ3n) is 2.26. The number of rotatable bonds is 3. The van der Waals surface area contributed by atoms with Gasteiger partial charge in [0.05, 0.1) is 0 Å². The summed E-state index contributed by atoms with van der Waals surface area (Å²) in [5, 5.41) is 11.9. The first-order chi connectivity index (χ1) is 7.25. The van der Waals surface area contributed by atoms with E-state index in [9.17, 15) is 5.11 Å². The zero-order valence-corrected chi connectivity index (χ0v) is 11.4. The molecule has 16 heavy (non-hydrogen) atoms. The van der Waals surface area contributed by atoms with Gasteiger partial charge in [-0.25, -0.2) is 4.57 Å². The Bertz CT molecular complexity index is 430. The molecular formula is C12H14BrNOS. The summed E-state index contributed by atoms with van der Waals surface area (Å²) in [7, 11) is 0. The fourth-order valence-electron chi connectivity index (χ4n) is 1.54. The summed E-state index contributed by atoms with van der Waals surface area (Å²) in [4.78, 5) is 1.02. The van der Waals surface area contributed by atoms with Crippen LogP contribution in [0, 0.1) is 6.92 Å². The number of aliphatic hydroxyl groups excluding tert-OH is 1. The van der Waals surface area contributed by atoms with Gasteiger partial charge in [-0.3, -0.25) is 0 Å². The molecule has 0 bridgehead atoms. The lowest BCUT2D eigenvalue weighted by molar-refractivity contribution is -0.705. The fraction of sp³-hybridized carbons (Fsp3) is 0.250. The SMILES string of the molecule is Cc1ccc[n+](CC(O)c2cccs2)c1.[Br-]. The summed E-state index contributed by atoms with van der Waals surface area (Å²) in [5.74, 6) is 0. The lowest BCUT2D eigenvalue weighted by Gasteiger charge is -2.04. The molecule has 2 heterocycles. The summed E-state index contributed by atoms with van der Waals surface area (Å²) in [5.41, 5.74) is 1.20. The van der Waals surface area contributed by atoms with Crippen LogP contribution >= 0.6 is 11.3 Å². The van der Waals surface area contributed by atoms with E-state index >= 15 is 0 Å². The van der Waals surface area contributed by atoms with E-state index in [-0.39, 0.29) is 17.0 Å². The molecule has 0 aliphatic rings. The van der Waals surface area contributed by atoms with Gasteiger partial charge in [-0.2, -0.15) is 0 Å². The Morgan fingerprint density at radius 1 is 1.38 bits per heavy atom. The molecule has 86 valence electrons. The second-order valence-electron chi connectivity index (χ2n) is 3.61. The Hall–Kier alpha value is -0.710. The smallest absolute Gasteiger partial charge is 0.179 e. The number of nitrogens with zero attached hydrogens (tertiary/aromatic N) is 1. The van der Waals surface area contributed by atoms with Crippen molar-refractivity contribution in [2.75, 3.05) is 0 Å². The van der Waals surface area contributed by atoms with E-state index in [4.69, 9.17) is 0 Å². The van der Waals surface area contributed by atoms with E-state index in [1.807, 2.05) is 53.5 Å². The number of aliphatic hydroxyl groups is 1. The Balaban J connectivity index is 0.00000128. The first-order valence-corrected chi connectivity index (χ1v) is 5.81. The highest BCUT2D eigenvalue weighted by Gasteiger charge is 2.13. The van der Waals surface area contributed by atoms with Crippen molar-refractivity contribution in [3.8, 4) is 0 Å². The van der Waals surface area contributed by atoms with Crippen molar-refractivity contribution in [3.05, 3.63) is 52.5 Å². The van der Waals surface area contributed by atoms with Gasteiger partial charge in [0.1, 0.15) is 6.10 Å². The molecule has 0 aromatic carbocycles. The molecule has 1 N–H and O–H groups in total. The maximum absolute atomic E-state index is 9.94. The highest BCUT2D eigenvalue weighted by atomic mass is 79.9. The topological polar surface area (TPSA) is 24.1 Å². The van der Waals surface area contributed by atoms with Crippen molar-refractivity contribution < 1.29 is 26.7 Å². The zero-order chi connectivity index (χ0) is 10.7. The second kappa shape index (κ2) is 6.13. The van der Waals surface area contributed by atoms with Crippen LogP contribution in [0.25, 0.3) is 0 Å². The van der Waals surface area contributed by atoms with Crippen molar-refractivity contribution >= 4 is 11.3 Å². The lowest BCUT2D eigenvalue weighted by Crippen LogP contribution is -3.00. The Morgan fingerprint density at radius 2 is 2.19 bits per heavy atom. The number of aryl methyl sites for hydroxylation is 1. The summed E-state index contributed by atoms with van der Waals surface area (Å²) in [6, 6.07) is 7.97. The van der Waals surface area contributed by atoms with Crippen molar-refractivity contribution in [1.82, 2.24) is 0 Å². The van der Waals surface area contributed by atoms with Crippen LogP contribution < -0.4 is 21.5 Å². The minimum Gasteiger partial charge on any atom is -1.00 e. The lowest BCUT2D eigenvalue weighted by atomic mass is 10.2. The van der Waals surface area contributed by atoms with E-state index in [1.54, 1.807) is 11.3 Å². The first kappa shape index (κ1) is 13.4. The largest absolute Gasteiger partial charge is 1.00 e. The van der Waals surface area contributed by atoms with Gasteiger partial charge in [0, 0.05) is 16.5 Å². The van der Waals surface area contributed by atoms with E-state index in [0.717, 1.165) is 4.88 Å². The molecule has 0 radical (unpaired) electrons. The summed E-state index contributed by atoms with van der Waals surface area (Å²) >= 11 is 1.59. The maximum Gasteiger partial charge on any atom is 0.179 e. The van der Waals surface area contributed by atoms with Gasteiger partial charge in [-0.15, -0.1) is 11.3 Å². The first-order valence-electron chi connectivity index (χ1n) is 4.93. The minimum absolute atomic E-state index is 0. The summed E-state index contributed by atoms with van der Waals surface area (Å²) in [6.07, 6.45) is 3.61. The monoisotopic (exact) mass is 299 g/mol. The van der Waals surface area contributed by atoms with Gasteiger partial charge < -0.3 is 22.1 Å². The van der Waals surface area contributed by atoms with E-state index < -0.39 is 6.10 Å². The van der Waals surface area contributed by atoms with Crippen molar-refractivity contribution in [2.45, 2.75) is 19.6 Å². The molecule has 1 unspecified atom stereocenters. The normalized spacial score (nSPS) is 11.9. The van der Waals surface area contributed by atoms with Crippen LogP contribution in [0.5, 0.6) is 0 Å². The molecule has 2 aromatic heterocycles.